The molecule has 3 rings (SSSR count). The number of amides is 1. The molecule has 2 aromatic rings. The van der Waals surface area contributed by atoms with E-state index >= 15 is 0 Å². The number of ketones is 1. The molecule has 1 amide bonds. The highest BCUT2D eigenvalue weighted by molar-refractivity contribution is 6.31. The number of carbonyl (C=O) groups is 2. The predicted octanol–water partition coefficient (Wildman–Crippen LogP) is 3.57. The SMILES string of the molecule is C[C@H]1CN(C(=O)CCC(=O)c2ccncc2)CCN1c1ccc(F)c(Cl)c1. The van der Waals surface area contributed by atoms with Crippen molar-refractivity contribution < 1.29 is 14.0 Å². The quantitative estimate of drug-likeness (QED) is 0.733. The minimum atomic E-state index is -0.444. The van der Waals surface area contributed by atoms with Gasteiger partial charge in [-0.05, 0) is 37.3 Å². The summed E-state index contributed by atoms with van der Waals surface area (Å²) >= 11 is 5.88. The number of Topliss-reactive ketones (excluding diaryl/α,β-unsaturated/α-hetero) is 1. The molecule has 0 unspecified atom stereocenters. The Bertz CT molecular complexity index is 831. The van der Waals surface area contributed by atoms with Crippen LogP contribution in [0.15, 0.2) is 42.7 Å². The Balaban J connectivity index is 1.55. The first-order valence-corrected chi connectivity index (χ1v) is 9.26. The van der Waals surface area contributed by atoms with Crippen LogP contribution in [0, 0.1) is 5.82 Å². The lowest BCUT2D eigenvalue weighted by atomic mass is 10.1. The highest BCUT2D eigenvalue weighted by Crippen LogP contribution is 2.26. The molecule has 27 heavy (non-hydrogen) atoms. The average Bonchev–Trinajstić information content (AvgIpc) is 2.68. The van der Waals surface area contributed by atoms with E-state index in [1.54, 1.807) is 41.6 Å². The van der Waals surface area contributed by atoms with Gasteiger partial charge in [-0.25, -0.2) is 4.39 Å². The molecule has 142 valence electrons. The summed E-state index contributed by atoms with van der Waals surface area (Å²) < 4.78 is 13.4. The monoisotopic (exact) mass is 389 g/mol. The van der Waals surface area contributed by atoms with Crippen LogP contribution in [0.4, 0.5) is 10.1 Å². The first-order chi connectivity index (χ1) is 13.0. The minimum Gasteiger partial charge on any atom is -0.365 e. The molecule has 1 aromatic heterocycles. The number of benzene rings is 1. The van der Waals surface area contributed by atoms with Gasteiger partial charge in [0.25, 0.3) is 0 Å². The van der Waals surface area contributed by atoms with Gasteiger partial charge in [-0.3, -0.25) is 14.6 Å². The Labute approximate surface area is 162 Å². The number of hydrogen-bond acceptors (Lipinski definition) is 4. The fraction of sp³-hybridized carbons (Fsp3) is 0.350. The summed E-state index contributed by atoms with van der Waals surface area (Å²) in [6.45, 7) is 3.75. The average molecular weight is 390 g/mol. The summed E-state index contributed by atoms with van der Waals surface area (Å²) in [6.07, 6.45) is 3.51. The number of rotatable bonds is 5. The molecule has 1 atom stereocenters. The molecular weight excluding hydrogens is 369 g/mol. The van der Waals surface area contributed by atoms with Crippen molar-refractivity contribution in [3.8, 4) is 0 Å². The fourth-order valence-corrected chi connectivity index (χ4v) is 3.47. The first kappa shape index (κ1) is 19.3. The van der Waals surface area contributed by atoms with E-state index in [0.717, 1.165) is 5.69 Å². The van der Waals surface area contributed by atoms with E-state index in [4.69, 9.17) is 11.6 Å². The van der Waals surface area contributed by atoms with Gasteiger partial charge in [0.05, 0.1) is 5.02 Å². The number of halogens is 2. The Kier molecular flexibility index (Phi) is 6.06. The van der Waals surface area contributed by atoms with Crippen molar-refractivity contribution in [2.45, 2.75) is 25.8 Å². The second-order valence-corrected chi connectivity index (χ2v) is 7.05. The van der Waals surface area contributed by atoms with E-state index in [9.17, 15) is 14.0 Å². The number of pyridine rings is 1. The zero-order chi connectivity index (χ0) is 19.4. The van der Waals surface area contributed by atoms with Gasteiger partial charge in [0.15, 0.2) is 5.78 Å². The van der Waals surface area contributed by atoms with E-state index in [1.807, 2.05) is 6.92 Å². The van der Waals surface area contributed by atoms with Crippen molar-refractivity contribution in [3.63, 3.8) is 0 Å². The number of piperazine rings is 1. The number of aromatic nitrogens is 1. The third kappa shape index (κ3) is 4.63. The Morgan fingerprint density at radius 3 is 2.59 bits per heavy atom. The van der Waals surface area contributed by atoms with Crippen LogP contribution in [0.1, 0.15) is 30.1 Å². The molecule has 0 saturated carbocycles. The lowest BCUT2D eigenvalue weighted by molar-refractivity contribution is -0.131. The van der Waals surface area contributed by atoms with Gasteiger partial charge in [0.1, 0.15) is 5.82 Å². The highest BCUT2D eigenvalue weighted by atomic mass is 35.5. The molecule has 1 saturated heterocycles. The maximum atomic E-state index is 13.4. The fourth-order valence-electron chi connectivity index (χ4n) is 3.29. The second kappa shape index (κ2) is 8.48. The number of hydrogen-bond donors (Lipinski definition) is 0. The summed E-state index contributed by atoms with van der Waals surface area (Å²) in [5.41, 5.74) is 1.41. The third-order valence-corrected chi connectivity index (χ3v) is 5.07. The summed E-state index contributed by atoms with van der Waals surface area (Å²) in [5.74, 6) is -0.528. The van der Waals surface area contributed by atoms with Crippen molar-refractivity contribution in [1.29, 1.82) is 0 Å². The zero-order valence-corrected chi connectivity index (χ0v) is 15.8. The van der Waals surface area contributed by atoms with Gasteiger partial charge < -0.3 is 9.80 Å². The van der Waals surface area contributed by atoms with Gasteiger partial charge in [-0.2, -0.15) is 0 Å². The first-order valence-electron chi connectivity index (χ1n) is 8.88. The highest BCUT2D eigenvalue weighted by Gasteiger charge is 2.27. The van der Waals surface area contributed by atoms with E-state index in [-0.39, 0.29) is 35.6 Å². The summed E-state index contributed by atoms with van der Waals surface area (Å²) in [6, 6.07) is 8.04. The van der Waals surface area contributed by atoms with Crippen molar-refractivity contribution in [3.05, 3.63) is 59.1 Å². The van der Waals surface area contributed by atoms with E-state index in [0.29, 0.717) is 25.2 Å². The summed E-state index contributed by atoms with van der Waals surface area (Å²) in [5, 5.41) is 0.0906. The number of anilines is 1. The van der Waals surface area contributed by atoms with Crippen LogP contribution in [0.2, 0.25) is 5.02 Å². The smallest absolute Gasteiger partial charge is 0.223 e. The molecule has 1 aromatic carbocycles. The van der Waals surface area contributed by atoms with Gasteiger partial charge in [-0.1, -0.05) is 11.6 Å². The molecule has 0 N–H and O–H groups in total. The molecule has 1 aliphatic rings. The zero-order valence-electron chi connectivity index (χ0n) is 15.1. The van der Waals surface area contributed by atoms with Crippen LogP contribution in [-0.4, -0.2) is 47.3 Å². The summed E-state index contributed by atoms with van der Waals surface area (Å²) in [4.78, 5) is 32.4. The standard InChI is InChI=1S/C20H21ClFN3O2/c1-14-13-24(10-11-25(14)16-2-3-18(22)17(21)12-16)20(27)5-4-19(26)15-6-8-23-9-7-15/h2-3,6-9,12,14H,4-5,10-11,13H2,1H3/t14-/m0/s1. The van der Waals surface area contributed by atoms with Crippen molar-refractivity contribution in [1.82, 2.24) is 9.88 Å². The van der Waals surface area contributed by atoms with E-state index in [2.05, 4.69) is 9.88 Å². The van der Waals surface area contributed by atoms with E-state index < -0.39 is 5.82 Å². The van der Waals surface area contributed by atoms with Crippen molar-refractivity contribution >= 4 is 29.0 Å². The minimum absolute atomic E-state index is 0.0268. The van der Waals surface area contributed by atoms with Crippen molar-refractivity contribution in [2.75, 3.05) is 24.5 Å². The third-order valence-electron chi connectivity index (χ3n) is 4.78. The Morgan fingerprint density at radius 2 is 1.93 bits per heavy atom. The molecule has 0 aliphatic carbocycles. The second-order valence-electron chi connectivity index (χ2n) is 6.64. The van der Waals surface area contributed by atoms with Gasteiger partial charge in [-0.15, -0.1) is 0 Å². The Morgan fingerprint density at radius 1 is 1.19 bits per heavy atom. The maximum Gasteiger partial charge on any atom is 0.223 e. The van der Waals surface area contributed by atoms with Crippen LogP contribution < -0.4 is 4.90 Å². The van der Waals surface area contributed by atoms with Crippen LogP contribution >= 0.6 is 11.6 Å². The molecule has 5 nitrogen and oxygen atoms in total. The number of carbonyl (C=O) groups excluding carboxylic acids is 2. The molecule has 0 bridgehead atoms. The normalized spacial score (nSPS) is 17.1. The van der Waals surface area contributed by atoms with Crippen LogP contribution in [0.3, 0.4) is 0 Å². The van der Waals surface area contributed by atoms with Gasteiger partial charge in [0.2, 0.25) is 5.91 Å². The topological polar surface area (TPSA) is 53.5 Å². The van der Waals surface area contributed by atoms with Crippen molar-refractivity contribution in [2.24, 2.45) is 0 Å². The largest absolute Gasteiger partial charge is 0.365 e. The van der Waals surface area contributed by atoms with E-state index in [1.165, 1.54) is 6.07 Å². The van der Waals surface area contributed by atoms with Gasteiger partial charge in [0, 0.05) is 62.2 Å². The molecular formula is C20H21ClFN3O2. The molecule has 1 fully saturated rings. The summed E-state index contributed by atoms with van der Waals surface area (Å²) in [7, 11) is 0. The molecule has 7 heteroatoms. The van der Waals surface area contributed by atoms with Crippen LogP contribution in [0.5, 0.6) is 0 Å². The maximum absolute atomic E-state index is 13.4. The van der Waals surface area contributed by atoms with Crippen LogP contribution in [0.25, 0.3) is 0 Å². The number of nitrogens with zero attached hydrogens (tertiary/aromatic N) is 3. The lowest BCUT2D eigenvalue weighted by Gasteiger charge is -2.41. The lowest BCUT2D eigenvalue weighted by Crippen LogP contribution is -2.53. The molecule has 1 aliphatic heterocycles. The molecule has 0 spiro atoms. The van der Waals surface area contributed by atoms with Crippen LogP contribution in [-0.2, 0) is 4.79 Å². The van der Waals surface area contributed by atoms with Gasteiger partial charge >= 0.3 is 0 Å². The molecule has 2 heterocycles. The Hall–Kier alpha value is -2.47. The predicted molar refractivity (Wildman–Crippen MR) is 103 cm³/mol. The molecule has 0 radical (unpaired) electrons.